The predicted octanol–water partition coefficient (Wildman–Crippen LogP) is 0.936. The fourth-order valence-corrected chi connectivity index (χ4v) is 0.597. The van der Waals surface area contributed by atoms with Gasteiger partial charge in [-0.05, 0) is 6.92 Å². The fourth-order valence-electron chi connectivity index (χ4n) is 0.489. The van der Waals surface area contributed by atoms with Gasteiger partial charge in [-0.3, -0.25) is 14.9 Å². The molecule has 0 heterocycles. The third kappa shape index (κ3) is 3.92. The van der Waals surface area contributed by atoms with Crippen molar-refractivity contribution in [1.82, 2.24) is 0 Å². The Hall–Kier alpha value is -0.650. The van der Waals surface area contributed by atoms with Crippen LogP contribution < -0.4 is 0 Å². The molecule has 0 aromatic heterocycles. The molecule has 0 radical (unpaired) electrons. The van der Waals surface area contributed by atoms with E-state index in [0.29, 0.717) is 0 Å². The summed E-state index contributed by atoms with van der Waals surface area (Å²) in [5.74, 6) is -0.524. The zero-order valence-corrected chi connectivity index (χ0v) is 7.70. The number of rotatable bonds is 3. The minimum Gasteiger partial charge on any atom is -0.454 e. The monoisotopic (exact) mass is 225 g/mol. The van der Waals surface area contributed by atoms with Crippen LogP contribution in [-0.2, 0) is 9.53 Å². The zero-order chi connectivity index (χ0) is 9.02. The average molecular weight is 226 g/mol. The molecule has 0 aliphatic rings. The smallest absolute Gasteiger partial charge is 0.303 e. The Balaban J connectivity index is 3.92. The molecule has 64 valence electrons. The number of nitrogens with zero attached hydrogens (tertiary/aromatic N) is 1. The van der Waals surface area contributed by atoms with Gasteiger partial charge in [-0.2, -0.15) is 0 Å². The molecule has 0 aromatic carbocycles. The number of nitro groups is 1. The molecular weight excluding hydrogens is 218 g/mol. The maximum Gasteiger partial charge on any atom is 0.303 e. The summed E-state index contributed by atoms with van der Waals surface area (Å²) in [5, 5.41) is 10.1. The highest BCUT2D eigenvalue weighted by atomic mass is 79.9. The van der Waals surface area contributed by atoms with Crippen LogP contribution in [0.1, 0.15) is 13.8 Å². The lowest BCUT2D eigenvalue weighted by atomic mass is 10.4. The van der Waals surface area contributed by atoms with Crippen molar-refractivity contribution in [3.05, 3.63) is 10.1 Å². The Morgan fingerprint density at radius 1 is 1.73 bits per heavy atom. The minimum atomic E-state index is -1.04. The Kier molecular flexibility index (Phi) is 4.02. The second-order valence-corrected chi connectivity index (χ2v) is 2.91. The molecule has 5 nitrogen and oxygen atoms in total. The highest BCUT2D eigenvalue weighted by Crippen LogP contribution is 2.09. The van der Waals surface area contributed by atoms with E-state index in [0.717, 1.165) is 0 Å². The minimum absolute atomic E-state index is 0.524. The lowest BCUT2D eigenvalue weighted by Gasteiger charge is -2.10. The van der Waals surface area contributed by atoms with Crippen molar-refractivity contribution in [2.24, 2.45) is 0 Å². The number of carbonyl (C=O) groups excluding carboxylic acids is 1. The molecule has 0 aliphatic carbocycles. The molecule has 2 atom stereocenters. The van der Waals surface area contributed by atoms with Gasteiger partial charge < -0.3 is 4.74 Å². The maximum absolute atomic E-state index is 10.3. The third-order valence-corrected chi connectivity index (χ3v) is 2.02. The number of ether oxygens (including phenoxy) is 1. The highest BCUT2D eigenvalue weighted by Gasteiger charge is 2.26. The van der Waals surface area contributed by atoms with Crippen LogP contribution in [0.5, 0.6) is 0 Å². The summed E-state index contributed by atoms with van der Waals surface area (Å²) in [6, 6.07) is 0. The van der Waals surface area contributed by atoms with Gasteiger partial charge in [-0.15, -0.1) is 0 Å². The van der Waals surface area contributed by atoms with E-state index in [9.17, 15) is 14.9 Å². The molecule has 11 heavy (non-hydrogen) atoms. The highest BCUT2D eigenvalue weighted by molar-refractivity contribution is 9.09. The lowest BCUT2D eigenvalue weighted by Crippen LogP contribution is -2.29. The van der Waals surface area contributed by atoms with Crippen LogP contribution in [0.2, 0.25) is 0 Å². The van der Waals surface area contributed by atoms with Gasteiger partial charge in [0, 0.05) is 27.8 Å². The summed E-state index contributed by atoms with van der Waals surface area (Å²) in [7, 11) is 0. The SMILES string of the molecule is CC(=O)OC(C)C(Br)[N+](=O)[O-]. The summed E-state index contributed by atoms with van der Waals surface area (Å²) < 4.78 is 4.55. The van der Waals surface area contributed by atoms with E-state index in [1.165, 1.54) is 13.8 Å². The number of carbonyl (C=O) groups is 1. The number of alkyl halides is 1. The summed E-state index contributed by atoms with van der Waals surface area (Å²) in [6.07, 6.45) is -0.748. The predicted molar refractivity (Wildman–Crippen MR) is 40.9 cm³/mol. The Bertz CT molecular complexity index is 172. The molecule has 0 aromatic rings. The van der Waals surface area contributed by atoms with Crippen molar-refractivity contribution in [1.29, 1.82) is 0 Å². The molecule has 0 spiro atoms. The molecule has 0 bridgehead atoms. The number of halogens is 1. The maximum atomic E-state index is 10.3. The molecule has 0 saturated carbocycles. The van der Waals surface area contributed by atoms with Crippen molar-refractivity contribution in [2.45, 2.75) is 24.9 Å². The largest absolute Gasteiger partial charge is 0.454 e. The lowest BCUT2D eigenvalue weighted by molar-refractivity contribution is -0.502. The van der Waals surface area contributed by atoms with E-state index in [2.05, 4.69) is 20.7 Å². The van der Waals surface area contributed by atoms with Gasteiger partial charge in [-0.25, -0.2) is 0 Å². The molecule has 2 unspecified atom stereocenters. The van der Waals surface area contributed by atoms with E-state index in [-0.39, 0.29) is 0 Å². The molecule has 6 heteroatoms. The van der Waals surface area contributed by atoms with E-state index in [4.69, 9.17) is 0 Å². The first-order valence-corrected chi connectivity index (χ1v) is 3.81. The van der Waals surface area contributed by atoms with Crippen LogP contribution in [0.4, 0.5) is 0 Å². The van der Waals surface area contributed by atoms with E-state index >= 15 is 0 Å². The van der Waals surface area contributed by atoms with Gasteiger partial charge in [0.2, 0.25) is 0 Å². The zero-order valence-electron chi connectivity index (χ0n) is 6.11. The standard InChI is InChI=1S/C5H8BrNO4/c1-3(11-4(2)8)5(6)7(9)10/h3,5H,1-2H3. The van der Waals surface area contributed by atoms with Crippen LogP contribution in [0.15, 0.2) is 0 Å². The Labute approximate surface area is 72.0 Å². The van der Waals surface area contributed by atoms with Crippen LogP contribution in [0.3, 0.4) is 0 Å². The van der Waals surface area contributed by atoms with Crippen molar-refractivity contribution in [2.75, 3.05) is 0 Å². The summed E-state index contributed by atoms with van der Waals surface area (Å²) in [6.45, 7) is 2.65. The molecule has 0 rings (SSSR count). The first-order valence-electron chi connectivity index (χ1n) is 2.90. The molecule has 0 saturated heterocycles. The first-order chi connectivity index (χ1) is 4.95. The quantitative estimate of drug-likeness (QED) is 0.236. The molecule has 0 aliphatic heterocycles. The van der Waals surface area contributed by atoms with Gasteiger partial charge in [0.1, 0.15) is 0 Å². The molecular formula is C5H8BrNO4. The first kappa shape index (κ1) is 10.3. The Morgan fingerprint density at radius 2 is 2.18 bits per heavy atom. The Morgan fingerprint density at radius 3 is 2.45 bits per heavy atom. The van der Waals surface area contributed by atoms with Gasteiger partial charge in [0.25, 0.3) is 0 Å². The van der Waals surface area contributed by atoms with E-state index in [1.807, 2.05) is 0 Å². The number of esters is 1. The van der Waals surface area contributed by atoms with E-state index < -0.39 is 21.9 Å². The summed E-state index contributed by atoms with van der Waals surface area (Å²) in [4.78, 5) is 18.8. The number of hydrogen-bond acceptors (Lipinski definition) is 4. The van der Waals surface area contributed by atoms with Gasteiger partial charge in [0.15, 0.2) is 6.10 Å². The summed E-state index contributed by atoms with van der Waals surface area (Å²) in [5.41, 5.74) is 0. The fraction of sp³-hybridized carbons (Fsp3) is 0.800. The van der Waals surface area contributed by atoms with E-state index in [1.54, 1.807) is 0 Å². The molecule has 0 N–H and O–H groups in total. The third-order valence-electron chi connectivity index (χ3n) is 0.941. The van der Waals surface area contributed by atoms with Gasteiger partial charge in [-0.1, -0.05) is 0 Å². The van der Waals surface area contributed by atoms with Crippen LogP contribution in [0, 0.1) is 10.1 Å². The molecule has 0 amide bonds. The summed E-state index contributed by atoms with van der Waals surface area (Å²) >= 11 is 2.76. The topological polar surface area (TPSA) is 69.4 Å². The normalized spacial score (nSPS) is 15.2. The second-order valence-electron chi connectivity index (χ2n) is 1.97. The van der Waals surface area contributed by atoms with Crippen molar-refractivity contribution in [3.8, 4) is 0 Å². The second kappa shape index (κ2) is 4.27. The molecule has 0 fully saturated rings. The van der Waals surface area contributed by atoms with Crippen molar-refractivity contribution < 1.29 is 14.5 Å². The van der Waals surface area contributed by atoms with Crippen LogP contribution >= 0.6 is 15.9 Å². The van der Waals surface area contributed by atoms with Crippen molar-refractivity contribution >= 4 is 21.9 Å². The van der Waals surface area contributed by atoms with Gasteiger partial charge >= 0.3 is 10.9 Å². The van der Waals surface area contributed by atoms with Crippen LogP contribution in [0.25, 0.3) is 0 Å². The number of hydrogen-bond donors (Lipinski definition) is 0. The average Bonchev–Trinajstić information content (AvgIpc) is 1.84. The van der Waals surface area contributed by atoms with Crippen molar-refractivity contribution in [3.63, 3.8) is 0 Å². The van der Waals surface area contributed by atoms with Crippen LogP contribution in [-0.4, -0.2) is 21.9 Å². The van der Waals surface area contributed by atoms with Gasteiger partial charge in [0.05, 0.1) is 0 Å².